The SMILES string of the molecule is N[C@@H]1CCN(C(=O)CNC(=O)CC2CCCCC2)C1. The van der Waals surface area contributed by atoms with Crippen LogP contribution in [0.25, 0.3) is 0 Å². The van der Waals surface area contributed by atoms with E-state index in [0.717, 1.165) is 25.8 Å². The van der Waals surface area contributed by atoms with Gasteiger partial charge in [-0.05, 0) is 25.2 Å². The molecular formula is C14H25N3O2. The Morgan fingerprint density at radius 2 is 1.89 bits per heavy atom. The second-order valence-corrected chi connectivity index (χ2v) is 5.87. The molecule has 2 rings (SSSR count). The lowest BCUT2D eigenvalue weighted by molar-refractivity contribution is -0.132. The zero-order valence-corrected chi connectivity index (χ0v) is 11.6. The Labute approximate surface area is 114 Å². The molecule has 0 aromatic carbocycles. The average Bonchev–Trinajstić information content (AvgIpc) is 2.84. The Kier molecular flexibility index (Phi) is 5.19. The predicted molar refractivity (Wildman–Crippen MR) is 73.4 cm³/mol. The standard InChI is InChI=1S/C14H25N3O2/c15-12-6-7-17(10-12)14(19)9-16-13(18)8-11-4-2-1-3-5-11/h11-12H,1-10,15H2,(H,16,18)/t12-/m1/s1. The number of amides is 2. The molecule has 0 bridgehead atoms. The van der Waals surface area contributed by atoms with Crippen LogP contribution in [-0.4, -0.2) is 42.4 Å². The first-order chi connectivity index (χ1) is 9.15. The molecule has 0 radical (unpaired) electrons. The molecule has 0 unspecified atom stereocenters. The molecule has 3 N–H and O–H groups in total. The molecular weight excluding hydrogens is 242 g/mol. The lowest BCUT2D eigenvalue weighted by atomic mass is 9.87. The van der Waals surface area contributed by atoms with Crippen molar-refractivity contribution in [2.24, 2.45) is 11.7 Å². The lowest BCUT2D eigenvalue weighted by Gasteiger charge is -2.21. The number of carbonyl (C=O) groups excluding carboxylic acids is 2. The molecule has 2 fully saturated rings. The third-order valence-electron chi connectivity index (χ3n) is 4.21. The van der Waals surface area contributed by atoms with Gasteiger partial charge < -0.3 is 16.0 Å². The first kappa shape index (κ1) is 14.3. The number of nitrogens with two attached hydrogens (primary N) is 1. The van der Waals surface area contributed by atoms with E-state index < -0.39 is 0 Å². The van der Waals surface area contributed by atoms with Gasteiger partial charge in [0.2, 0.25) is 11.8 Å². The Morgan fingerprint density at radius 3 is 2.53 bits per heavy atom. The van der Waals surface area contributed by atoms with Crippen molar-refractivity contribution < 1.29 is 9.59 Å². The van der Waals surface area contributed by atoms with E-state index in [4.69, 9.17) is 5.73 Å². The summed E-state index contributed by atoms with van der Waals surface area (Å²) < 4.78 is 0. The zero-order chi connectivity index (χ0) is 13.7. The molecule has 2 aliphatic rings. The minimum atomic E-state index is -0.00931. The largest absolute Gasteiger partial charge is 0.347 e. The fourth-order valence-corrected chi connectivity index (χ4v) is 3.03. The summed E-state index contributed by atoms with van der Waals surface area (Å²) in [7, 11) is 0. The van der Waals surface area contributed by atoms with Gasteiger partial charge in [0.15, 0.2) is 0 Å². The molecule has 1 atom stereocenters. The summed E-state index contributed by atoms with van der Waals surface area (Å²) >= 11 is 0. The minimum absolute atomic E-state index is 0.00931. The second kappa shape index (κ2) is 6.89. The van der Waals surface area contributed by atoms with Gasteiger partial charge in [0.25, 0.3) is 0 Å². The van der Waals surface area contributed by atoms with Crippen LogP contribution in [0.2, 0.25) is 0 Å². The maximum atomic E-state index is 11.8. The van der Waals surface area contributed by atoms with Gasteiger partial charge in [-0.25, -0.2) is 0 Å². The summed E-state index contributed by atoms with van der Waals surface area (Å²) in [5.74, 6) is 0.526. The number of nitrogens with one attached hydrogen (secondary N) is 1. The number of hydrogen-bond donors (Lipinski definition) is 2. The van der Waals surface area contributed by atoms with E-state index in [-0.39, 0.29) is 24.4 Å². The Hall–Kier alpha value is -1.10. The summed E-state index contributed by atoms with van der Waals surface area (Å²) in [6.45, 7) is 1.47. The van der Waals surface area contributed by atoms with Crippen molar-refractivity contribution in [2.45, 2.75) is 51.0 Å². The summed E-state index contributed by atoms with van der Waals surface area (Å²) in [6.07, 6.45) is 7.52. The van der Waals surface area contributed by atoms with E-state index in [9.17, 15) is 9.59 Å². The summed E-state index contributed by atoms with van der Waals surface area (Å²) in [6, 6.07) is 0.0990. The fourth-order valence-electron chi connectivity index (χ4n) is 3.03. The van der Waals surface area contributed by atoms with E-state index in [0.29, 0.717) is 18.9 Å². The maximum Gasteiger partial charge on any atom is 0.242 e. The third kappa shape index (κ3) is 4.49. The highest BCUT2D eigenvalue weighted by Gasteiger charge is 2.24. The fraction of sp³-hybridized carbons (Fsp3) is 0.857. The van der Waals surface area contributed by atoms with Crippen LogP contribution >= 0.6 is 0 Å². The van der Waals surface area contributed by atoms with Crippen molar-refractivity contribution in [3.8, 4) is 0 Å². The number of hydrogen-bond acceptors (Lipinski definition) is 3. The van der Waals surface area contributed by atoms with E-state index in [2.05, 4.69) is 5.32 Å². The summed E-state index contributed by atoms with van der Waals surface area (Å²) in [5.41, 5.74) is 5.76. The molecule has 2 amide bonds. The van der Waals surface area contributed by atoms with Gasteiger partial charge in [0.1, 0.15) is 0 Å². The van der Waals surface area contributed by atoms with Gasteiger partial charge in [-0.3, -0.25) is 9.59 Å². The molecule has 108 valence electrons. The third-order valence-corrected chi connectivity index (χ3v) is 4.21. The highest BCUT2D eigenvalue weighted by Crippen LogP contribution is 2.25. The van der Waals surface area contributed by atoms with Crippen LogP contribution in [-0.2, 0) is 9.59 Å². The number of carbonyl (C=O) groups is 2. The van der Waals surface area contributed by atoms with Crippen molar-refractivity contribution in [3.63, 3.8) is 0 Å². The van der Waals surface area contributed by atoms with Crippen molar-refractivity contribution in [3.05, 3.63) is 0 Å². The van der Waals surface area contributed by atoms with Crippen LogP contribution in [0, 0.1) is 5.92 Å². The smallest absolute Gasteiger partial charge is 0.242 e. The molecule has 5 nitrogen and oxygen atoms in total. The molecule has 0 aromatic heterocycles. The van der Waals surface area contributed by atoms with Gasteiger partial charge >= 0.3 is 0 Å². The monoisotopic (exact) mass is 267 g/mol. The molecule has 1 aliphatic carbocycles. The van der Waals surface area contributed by atoms with E-state index in [1.807, 2.05) is 0 Å². The summed E-state index contributed by atoms with van der Waals surface area (Å²) in [5, 5.41) is 2.75. The molecule has 1 heterocycles. The lowest BCUT2D eigenvalue weighted by Crippen LogP contribution is -2.40. The molecule has 1 saturated heterocycles. The van der Waals surface area contributed by atoms with Crippen LogP contribution in [0.4, 0.5) is 0 Å². The first-order valence-electron chi connectivity index (χ1n) is 7.45. The average molecular weight is 267 g/mol. The Bertz CT molecular complexity index is 327. The van der Waals surface area contributed by atoms with Crippen LogP contribution in [0.1, 0.15) is 44.9 Å². The van der Waals surface area contributed by atoms with Crippen molar-refractivity contribution >= 4 is 11.8 Å². The quantitative estimate of drug-likeness (QED) is 0.784. The van der Waals surface area contributed by atoms with Gasteiger partial charge in [-0.15, -0.1) is 0 Å². The van der Waals surface area contributed by atoms with Gasteiger partial charge in [-0.1, -0.05) is 19.3 Å². The van der Waals surface area contributed by atoms with Gasteiger partial charge in [0.05, 0.1) is 6.54 Å². The van der Waals surface area contributed by atoms with Crippen LogP contribution in [0.15, 0.2) is 0 Å². The van der Waals surface area contributed by atoms with Crippen LogP contribution in [0.5, 0.6) is 0 Å². The molecule has 1 saturated carbocycles. The van der Waals surface area contributed by atoms with Crippen molar-refractivity contribution in [1.82, 2.24) is 10.2 Å². The highest BCUT2D eigenvalue weighted by atomic mass is 16.2. The van der Waals surface area contributed by atoms with E-state index in [1.165, 1.54) is 19.3 Å². The van der Waals surface area contributed by atoms with Crippen molar-refractivity contribution in [1.29, 1.82) is 0 Å². The predicted octanol–water partition coefficient (Wildman–Crippen LogP) is 0.633. The van der Waals surface area contributed by atoms with Gasteiger partial charge in [0, 0.05) is 25.6 Å². The zero-order valence-electron chi connectivity index (χ0n) is 11.6. The molecule has 0 spiro atoms. The number of likely N-dealkylation sites (tertiary alicyclic amines) is 1. The molecule has 0 aromatic rings. The molecule has 19 heavy (non-hydrogen) atoms. The first-order valence-corrected chi connectivity index (χ1v) is 7.45. The maximum absolute atomic E-state index is 11.8. The number of rotatable bonds is 4. The normalized spacial score (nSPS) is 24.5. The molecule has 1 aliphatic heterocycles. The number of nitrogens with zero attached hydrogens (tertiary/aromatic N) is 1. The highest BCUT2D eigenvalue weighted by molar-refractivity contribution is 5.85. The van der Waals surface area contributed by atoms with Crippen molar-refractivity contribution in [2.75, 3.05) is 19.6 Å². The van der Waals surface area contributed by atoms with Gasteiger partial charge in [-0.2, -0.15) is 0 Å². The van der Waals surface area contributed by atoms with E-state index >= 15 is 0 Å². The van der Waals surface area contributed by atoms with E-state index in [1.54, 1.807) is 4.90 Å². The molecule has 5 heteroatoms. The minimum Gasteiger partial charge on any atom is -0.347 e. The topological polar surface area (TPSA) is 75.4 Å². The Balaban J connectivity index is 1.64. The second-order valence-electron chi connectivity index (χ2n) is 5.87. The van der Waals surface area contributed by atoms with Crippen LogP contribution < -0.4 is 11.1 Å². The van der Waals surface area contributed by atoms with Crippen LogP contribution in [0.3, 0.4) is 0 Å². The Morgan fingerprint density at radius 1 is 1.16 bits per heavy atom. The summed E-state index contributed by atoms with van der Waals surface area (Å²) in [4.78, 5) is 25.4.